The maximum atomic E-state index is 12.1. The Balaban J connectivity index is 2.57. The fourth-order valence-electron chi connectivity index (χ4n) is 1.69. The van der Waals surface area contributed by atoms with Crippen LogP contribution in [-0.4, -0.2) is 35.3 Å². The molecule has 0 aromatic carbocycles. The van der Waals surface area contributed by atoms with Crippen LogP contribution in [-0.2, 0) is 0 Å². The van der Waals surface area contributed by atoms with Gasteiger partial charge in [-0.1, -0.05) is 27.7 Å². The van der Waals surface area contributed by atoms with Gasteiger partial charge >= 0.3 is 0 Å². The van der Waals surface area contributed by atoms with Crippen molar-refractivity contribution >= 4 is 5.91 Å². The van der Waals surface area contributed by atoms with Crippen LogP contribution in [0.2, 0.25) is 0 Å². The van der Waals surface area contributed by atoms with Crippen molar-refractivity contribution in [1.82, 2.24) is 10.3 Å². The molecule has 1 unspecified atom stereocenters. The zero-order chi connectivity index (χ0) is 15.8. The number of amides is 1. The van der Waals surface area contributed by atoms with Crippen molar-refractivity contribution in [3.8, 4) is 5.88 Å². The summed E-state index contributed by atoms with van der Waals surface area (Å²) in [6.07, 6.45) is 1.73. The van der Waals surface area contributed by atoms with Crippen LogP contribution in [0.5, 0.6) is 5.88 Å². The van der Waals surface area contributed by atoms with Crippen molar-refractivity contribution < 1.29 is 14.6 Å². The summed E-state index contributed by atoms with van der Waals surface area (Å²) in [5, 5.41) is 12.5. The summed E-state index contributed by atoms with van der Waals surface area (Å²) in [6.45, 7) is 8.92. The molecule has 1 amide bonds. The van der Waals surface area contributed by atoms with Gasteiger partial charge in [0, 0.05) is 12.7 Å². The minimum Gasteiger partial charge on any atom is -0.477 e. The Morgan fingerprint density at radius 2 is 2.10 bits per heavy atom. The number of hydrogen-bond donors (Lipinski definition) is 2. The van der Waals surface area contributed by atoms with Gasteiger partial charge in [-0.25, -0.2) is 4.98 Å². The average Bonchev–Trinajstić information content (AvgIpc) is 2.44. The number of aliphatic hydroxyl groups is 1. The van der Waals surface area contributed by atoms with E-state index in [1.165, 1.54) is 0 Å². The van der Waals surface area contributed by atoms with Gasteiger partial charge in [0.15, 0.2) is 0 Å². The van der Waals surface area contributed by atoms with Gasteiger partial charge in [-0.15, -0.1) is 0 Å². The van der Waals surface area contributed by atoms with Crippen molar-refractivity contribution in [3.63, 3.8) is 0 Å². The largest absolute Gasteiger partial charge is 0.477 e. The molecule has 118 valence electrons. The minimum absolute atomic E-state index is 0.185. The average molecular weight is 294 g/mol. The molecular formula is C16H26N2O3. The molecule has 0 aliphatic heterocycles. The zero-order valence-corrected chi connectivity index (χ0v) is 13.3. The highest BCUT2D eigenvalue weighted by Gasteiger charge is 2.15. The van der Waals surface area contributed by atoms with E-state index in [1.807, 2.05) is 27.7 Å². The van der Waals surface area contributed by atoms with Crippen molar-refractivity contribution in [2.45, 2.75) is 40.2 Å². The molecule has 1 heterocycles. The van der Waals surface area contributed by atoms with Gasteiger partial charge < -0.3 is 15.2 Å². The molecule has 2 N–H and O–H groups in total. The lowest BCUT2D eigenvalue weighted by molar-refractivity contribution is 0.0915. The molecule has 0 aliphatic rings. The Morgan fingerprint density at radius 1 is 1.38 bits per heavy atom. The predicted molar refractivity (Wildman–Crippen MR) is 82.4 cm³/mol. The number of nitrogens with one attached hydrogen (secondary N) is 1. The highest BCUT2D eigenvalue weighted by atomic mass is 16.5. The molecule has 0 bridgehead atoms. The van der Waals surface area contributed by atoms with Crippen LogP contribution in [0.3, 0.4) is 0 Å². The van der Waals surface area contributed by atoms with Crippen molar-refractivity contribution in [2.24, 2.45) is 11.8 Å². The van der Waals surface area contributed by atoms with E-state index in [-0.39, 0.29) is 11.8 Å². The van der Waals surface area contributed by atoms with Crippen molar-refractivity contribution in [3.05, 3.63) is 23.9 Å². The third-order valence-electron chi connectivity index (χ3n) is 3.06. The lowest BCUT2D eigenvalue weighted by atomic mass is 10.0. The van der Waals surface area contributed by atoms with E-state index in [0.717, 1.165) is 0 Å². The van der Waals surface area contributed by atoms with Crippen LogP contribution in [0.25, 0.3) is 0 Å². The molecule has 1 aromatic heterocycles. The molecule has 0 fully saturated rings. The number of nitrogens with zero attached hydrogens (tertiary/aromatic N) is 1. The fraction of sp³-hybridized carbons (Fsp3) is 0.625. The van der Waals surface area contributed by atoms with Gasteiger partial charge in [0.05, 0.1) is 12.7 Å². The molecule has 5 nitrogen and oxygen atoms in total. The Morgan fingerprint density at radius 3 is 2.71 bits per heavy atom. The summed E-state index contributed by atoms with van der Waals surface area (Å²) in [6, 6.07) is 3.40. The Hall–Kier alpha value is -1.62. The molecule has 0 radical (unpaired) electrons. The standard InChI is InChI=1S/C16H26N2O3/c1-11(2)10-21-16-13(6-5-8-18-16)15(20)17-9-7-14(19)12(3)4/h5-6,8,11-12,14,19H,7,9-10H2,1-4H3,(H,17,20). The van der Waals surface area contributed by atoms with Crippen LogP contribution in [0, 0.1) is 11.8 Å². The number of rotatable bonds is 8. The first-order chi connectivity index (χ1) is 9.91. The van der Waals surface area contributed by atoms with Crippen LogP contribution >= 0.6 is 0 Å². The highest BCUT2D eigenvalue weighted by molar-refractivity contribution is 5.96. The third-order valence-corrected chi connectivity index (χ3v) is 3.06. The number of pyridine rings is 1. The summed E-state index contributed by atoms with van der Waals surface area (Å²) in [5.74, 6) is 0.681. The SMILES string of the molecule is CC(C)COc1ncccc1C(=O)NCCC(O)C(C)C. The number of aromatic nitrogens is 1. The monoisotopic (exact) mass is 294 g/mol. The van der Waals surface area contributed by atoms with E-state index < -0.39 is 6.10 Å². The van der Waals surface area contributed by atoms with E-state index >= 15 is 0 Å². The number of aliphatic hydroxyl groups excluding tert-OH is 1. The normalized spacial score (nSPS) is 12.5. The zero-order valence-electron chi connectivity index (χ0n) is 13.3. The van der Waals surface area contributed by atoms with Gasteiger partial charge in [0.1, 0.15) is 5.56 Å². The number of hydrogen-bond acceptors (Lipinski definition) is 4. The first-order valence-corrected chi connectivity index (χ1v) is 7.46. The quantitative estimate of drug-likeness (QED) is 0.771. The lowest BCUT2D eigenvalue weighted by Crippen LogP contribution is -2.29. The van der Waals surface area contributed by atoms with Gasteiger partial charge in [-0.05, 0) is 30.4 Å². The molecule has 1 atom stereocenters. The van der Waals surface area contributed by atoms with Crippen LogP contribution in [0.15, 0.2) is 18.3 Å². The molecule has 0 saturated heterocycles. The van der Waals surface area contributed by atoms with Gasteiger partial charge in [-0.2, -0.15) is 0 Å². The predicted octanol–water partition coefficient (Wildman–Crippen LogP) is 2.25. The maximum absolute atomic E-state index is 12.1. The van der Waals surface area contributed by atoms with Crippen LogP contribution < -0.4 is 10.1 Å². The maximum Gasteiger partial charge on any atom is 0.256 e. The van der Waals surface area contributed by atoms with Crippen LogP contribution in [0.4, 0.5) is 0 Å². The molecule has 21 heavy (non-hydrogen) atoms. The smallest absolute Gasteiger partial charge is 0.256 e. The van der Waals surface area contributed by atoms with E-state index in [9.17, 15) is 9.90 Å². The van der Waals surface area contributed by atoms with E-state index in [1.54, 1.807) is 18.3 Å². The molecule has 0 aliphatic carbocycles. The van der Waals surface area contributed by atoms with E-state index in [4.69, 9.17) is 4.74 Å². The first kappa shape index (κ1) is 17.4. The Bertz CT molecular complexity index is 447. The second-order valence-corrected chi connectivity index (χ2v) is 5.92. The van der Waals surface area contributed by atoms with Crippen molar-refractivity contribution in [1.29, 1.82) is 0 Å². The number of carbonyl (C=O) groups is 1. The molecular weight excluding hydrogens is 268 g/mol. The van der Waals surface area contributed by atoms with E-state index in [2.05, 4.69) is 10.3 Å². The van der Waals surface area contributed by atoms with E-state index in [0.29, 0.717) is 36.9 Å². The number of carbonyl (C=O) groups excluding carboxylic acids is 1. The van der Waals surface area contributed by atoms with Crippen molar-refractivity contribution in [2.75, 3.05) is 13.2 Å². The summed E-state index contributed by atoms with van der Waals surface area (Å²) >= 11 is 0. The second-order valence-electron chi connectivity index (χ2n) is 5.92. The molecule has 1 aromatic rings. The Kier molecular flexibility index (Phi) is 7.15. The fourth-order valence-corrected chi connectivity index (χ4v) is 1.69. The van der Waals surface area contributed by atoms with Gasteiger partial charge in [-0.3, -0.25) is 4.79 Å². The molecule has 1 rings (SSSR count). The molecule has 0 spiro atoms. The highest BCUT2D eigenvalue weighted by Crippen LogP contribution is 2.15. The molecule has 5 heteroatoms. The van der Waals surface area contributed by atoms with Gasteiger partial charge in [0.2, 0.25) is 5.88 Å². The summed E-state index contributed by atoms with van der Waals surface area (Å²) < 4.78 is 5.56. The molecule has 0 saturated carbocycles. The Labute approximate surface area is 126 Å². The lowest BCUT2D eigenvalue weighted by Gasteiger charge is -2.15. The third kappa shape index (κ3) is 6.12. The van der Waals surface area contributed by atoms with Crippen LogP contribution in [0.1, 0.15) is 44.5 Å². The summed E-state index contributed by atoms with van der Waals surface area (Å²) in [5.41, 5.74) is 0.428. The minimum atomic E-state index is -0.407. The summed E-state index contributed by atoms with van der Waals surface area (Å²) in [4.78, 5) is 16.3. The van der Waals surface area contributed by atoms with Gasteiger partial charge in [0.25, 0.3) is 5.91 Å². The first-order valence-electron chi connectivity index (χ1n) is 7.46. The second kappa shape index (κ2) is 8.62. The summed E-state index contributed by atoms with van der Waals surface area (Å²) in [7, 11) is 0. The topological polar surface area (TPSA) is 71.5 Å². The number of ether oxygens (including phenoxy) is 1.